The third kappa shape index (κ3) is 4.31. The molecule has 0 bridgehead atoms. The Morgan fingerprint density at radius 3 is 2.69 bits per heavy atom. The second-order valence-corrected chi connectivity index (χ2v) is 7.43. The van der Waals surface area contributed by atoms with E-state index in [-0.39, 0.29) is 5.69 Å². The molecule has 0 amide bonds. The molecule has 32 heavy (non-hydrogen) atoms. The van der Waals surface area contributed by atoms with Crippen LogP contribution in [0.25, 0.3) is 22.6 Å². The number of ether oxygens (including phenoxy) is 1. The first-order valence-electron chi connectivity index (χ1n) is 9.57. The summed E-state index contributed by atoms with van der Waals surface area (Å²) < 4.78 is 7.16. The van der Waals surface area contributed by atoms with E-state index >= 15 is 0 Å². The molecule has 0 saturated carbocycles. The summed E-state index contributed by atoms with van der Waals surface area (Å²) in [6.45, 7) is 0.554. The van der Waals surface area contributed by atoms with Crippen molar-refractivity contribution in [3.63, 3.8) is 0 Å². The summed E-state index contributed by atoms with van der Waals surface area (Å²) in [5.41, 5.74) is 3.55. The topological polar surface area (TPSA) is 101 Å². The summed E-state index contributed by atoms with van der Waals surface area (Å²) in [6.07, 6.45) is 6.84. The van der Waals surface area contributed by atoms with Crippen molar-refractivity contribution in [2.24, 2.45) is 0 Å². The molecule has 0 fully saturated rings. The molecule has 3 heterocycles. The van der Waals surface area contributed by atoms with Gasteiger partial charge in [-0.2, -0.15) is 5.26 Å². The van der Waals surface area contributed by atoms with Gasteiger partial charge in [0.15, 0.2) is 0 Å². The second kappa shape index (κ2) is 8.92. The van der Waals surface area contributed by atoms with Crippen molar-refractivity contribution < 1.29 is 14.6 Å². The number of fused-ring (bicyclic) bond motifs is 1. The van der Waals surface area contributed by atoms with Crippen molar-refractivity contribution in [2.45, 2.75) is 6.54 Å². The fourth-order valence-corrected chi connectivity index (χ4v) is 3.54. The highest BCUT2D eigenvalue weighted by Gasteiger charge is 2.12. The number of pyridine rings is 2. The fraction of sp³-hybridized carbons (Fsp3) is 0.0833. The zero-order valence-electron chi connectivity index (χ0n) is 17.0. The van der Waals surface area contributed by atoms with Gasteiger partial charge in [0.2, 0.25) is 5.88 Å². The lowest BCUT2D eigenvalue weighted by Gasteiger charge is -2.06. The van der Waals surface area contributed by atoms with Crippen LogP contribution in [0.3, 0.4) is 0 Å². The predicted octanol–water partition coefficient (Wildman–Crippen LogP) is 4.90. The molecule has 0 radical (unpaired) electrons. The van der Waals surface area contributed by atoms with Gasteiger partial charge in [0.05, 0.1) is 24.3 Å². The zero-order chi connectivity index (χ0) is 22.7. The first-order chi connectivity index (χ1) is 15.5. The minimum absolute atomic E-state index is 0.0783. The van der Waals surface area contributed by atoms with Gasteiger partial charge in [-0.05, 0) is 35.9 Å². The van der Waals surface area contributed by atoms with Crippen LogP contribution in [-0.2, 0) is 6.54 Å². The average Bonchev–Trinajstić information content (AvgIpc) is 3.14. The van der Waals surface area contributed by atoms with Crippen LogP contribution >= 0.6 is 11.6 Å². The Morgan fingerprint density at radius 1 is 1.22 bits per heavy atom. The molecule has 158 valence electrons. The molecule has 0 unspecified atom stereocenters. The number of nitrogens with zero attached hydrogens (tertiary/aromatic N) is 4. The normalized spacial score (nSPS) is 11.3. The summed E-state index contributed by atoms with van der Waals surface area (Å²) in [5, 5.41) is 20.3. The number of nitriles is 1. The maximum atomic E-state index is 11.0. The van der Waals surface area contributed by atoms with Crippen molar-refractivity contribution in [3.05, 3.63) is 88.5 Å². The number of carboxylic acids is 1. The number of allylic oxidation sites excluding steroid dienone is 1. The molecule has 8 heteroatoms. The van der Waals surface area contributed by atoms with Crippen LogP contribution in [0.5, 0.6) is 5.88 Å². The van der Waals surface area contributed by atoms with E-state index in [1.54, 1.807) is 37.6 Å². The minimum atomic E-state index is -1.12. The fourth-order valence-electron chi connectivity index (χ4n) is 3.38. The van der Waals surface area contributed by atoms with Crippen LogP contribution in [0.2, 0.25) is 5.02 Å². The molecule has 1 N–H and O–H groups in total. The third-order valence-corrected chi connectivity index (χ3v) is 5.18. The largest absolute Gasteiger partial charge is 0.481 e. The highest BCUT2D eigenvalue weighted by Crippen LogP contribution is 2.29. The number of halogens is 1. The number of hydrogen-bond donors (Lipinski definition) is 1. The quantitative estimate of drug-likeness (QED) is 0.424. The summed E-state index contributed by atoms with van der Waals surface area (Å²) in [6, 6.07) is 14.5. The molecule has 4 aromatic rings. The highest BCUT2D eigenvalue weighted by atomic mass is 35.5. The Bertz CT molecular complexity index is 1370. The van der Waals surface area contributed by atoms with Gasteiger partial charge in [-0.3, -0.25) is 0 Å². The molecule has 0 aliphatic carbocycles. The molecular formula is C24H17ClN4O3. The smallest absolute Gasteiger partial charge is 0.354 e. The van der Waals surface area contributed by atoms with Gasteiger partial charge in [-0.15, -0.1) is 0 Å². The van der Waals surface area contributed by atoms with Crippen LogP contribution in [0.4, 0.5) is 0 Å². The van der Waals surface area contributed by atoms with E-state index in [2.05, 4.69) is 16.0 Å². The lowest BCUT2D eigenvalue weighted by atomic mass is 10.0. The van der Waals surface area contributed by atoms with Gasteiger partial charge in [-0.25, -0.2) is 14.8 Å². The summed E-state index contributed by atoms with van der Waals surface area (Å²) in [4.78, 5) is 19.2. The molecule has 7 nitrogen and oxygen atoms in total. The number of benzene rings is 1. The number of carbonyl (C=O) groups is 1. The van der Waals surface area contributed by atoms with Gasteiger partial charge < -0.3 is 14.4 Å². The van der Waals surface area contributed by atoms with Gasteiger partial charge in [-0.1, -0.05) is 23.7 Å². The van der Waals surface area contributed by atoms with Gasteiger partial charge in [0.1, 0.15) is 5.69 Å². The van der Waals surface area contributed by atoms with E-state index in [0.717, 1.165) is 22.0 Å². The van der Waals surface area contributed by atoms with Crippen molar-refractivity contribution in [3.8, 4) is 11.9 Å². The Labute approximate surface area is 188 Å². The van der Waals surface area contributed by atoms with Crippen LogP contribution < -0.4 is 4.74 Å². The molecule has 1 aromatic carbocycles. The molecule has 0 saturated heterocycles. The van der Waals surface area contributed by atoms with Crippen LogP contribution in [-0.4, -0.2) is 32.7 Å². The monoisotopic (exact) mass is 444 g/mol. The van der Waals surface area contributed by atoms with Crippen molar-refractivity contribution in [2.75, 3.05) is 7.11 Å². The number of carboxylic acid groups (broad SMARTS) is 1. The summed E-state index contributed by atoms with van der Waals surface area (Å²) in [7, 11) is 1.57. The van der Waals surface area contributed by atoms with E-state index in [9.17, 15) is 10.1 Å². The average molecular weight is 445 g/mol. The van der Waals surface area contributed by atoms with Gasteiger partial charge in [0.25, 0.3) is 0 Å². The standard InChI is InChI=1S/C24H17ClN4O3/c1-32-23-7-2-15(11-28-23)13-29-14-18(20-5-4-19(25)9-22(20)29)8-17(10-26)16-3-6-21(24(30)31)27-12-16/h2-9,11-12,14H,13H2,1H3,(H,30,31). The summed E-state index contributed by atoms with van der Waals surface area (Å²) in [5.74, 6) is -0.578. The third-order valence-electron chi connectivity index (χ3n) is 4.95. The van der Waals surface area contributed by atoms with Crippen molar-refractivity contribution in [1.82, 2.24) is 14.5 Å². The first kappa shape index (κ1) is 21.1. The lowest BCUT2D eigenvalue weighted by molar-refractivity contribution is 0.0690. The number of aromatic carboxylic acids is 1. The number of rotatable bonds is 6. The second-order valence-electron chi connectivity index (χ2n) is 6.99. The van der Waals surface area contributed by atoms with E-state index in [0.29, 0.717) is 28.6 Å². The maximum Gasteiger partial charge on any atom is 0.354 e. The molecule has 0 spiro atoms. The molecule has 3 aromatic heterocycles. The Hall–Kier alpha value is -4.15. The molecule has 4 rings (SSSR count). The number of hydrogen-bond acceptors (Lipinski definition) is 5. The predicted molar refractivity (Wildman–Crippen MR) is 122 cm³/mol. The Morgan fingerprint density at radius 2 is 2.06 bits per heavy atom. The number of aromatic nitrogens is 3. The van der Waals surface area contributed by atoms with Gasteiger partial charge in [0, 0.05) is 52.7 Å². The Kier molecular flexibility index (Phi) is 5.88. The lowest BCUT2D eigenvalue weighted by Crippen LogP contribution is -1.99. The van der Waals surface area contributed by atoms with Crippen molar-refractivity contribution >= 4 is 40.1 Å². The molecule has 0 atom stereocenters. The zero-order valence-corrected chi connectivity index (χ0v) is 17.7. The maximum absolute atomic E-state index is 11.0. The van der Waals surface area contributed by atoms with Crippen LogP contribution in [0, 0.1) is 11.3 Å². The first-order valence-corrected chi connectivity index (χ1v) is 9.95. The van der Waals surface area contributed by atoms with Crippen LogP contribution in [0.15, 0.2) is 61.1 Å². The van der Waals surface area contributed by atoms with Crippen molar-refractivity contribution in [1.29, 1.82) is 5.26 Å². The van der Waals surface area contributed by atoms with Crippen LogP contribution in [0.1, 0.15) is 27.2 Å². The number of methoxy groups -OCH3 is 1. The van der Waals surface area contributed by atoms with E-state index in [1.165, 1.54) is 12.3 Å². The van der Waals surface area contributed by atoms with E-state index < -0.39 is 5.97 Å². The minimum Gasteiger partial charge on any atom is -0.481 e. The van der Waals surface area contributed by atoms with E-state index in [1.807, 2.05) is 29.0 Å². The molecular weight excluding hydrogens is 428 g/mol. The SMILES string of the molecule is COc1ccc(Cn2cc(C=C(C#N)c3ccc(C(=O)O)nc3)c3ccc(Cl)cc32)cn1. The molecule has 0 aliphatic heterocycles. The van der Waals surface area contributed by atoms with Gasteiger partial charge >= 0.3 is 5.97 Å². The Balaban J connectivity index is 1.76. The van der Waals surface area contributed by atoms with E-state index in [4.69, 9.17) is 21.4 Å². The highest BCUT2D eigenvalue weighted by molar-refractivity contribution is 6.31. The summed E-state index contributed by atoms with van der Waals surface area (Å²) >= 11 is 6.25. The molecule has 0 aliphatic rings.